The zero-order valence-electron chi connectivity index (χ0n) is 6.87. The number of hydrogen-bond donors (Lipinski definition) is 0. The smallest absolute Gasteiger partial charge is 0.230 e. The van der Waals surface area contributed by atoms with Gasteiger partial charge in [-0.15, -0.1) is 0 Å². The van der Waals surface area contributed by atoms with Gasteiger partial charge in [0.1, 0.15) is 5.82 Å². The van der Waals surface area contributed by atoms with Gasteiger partial charge in [0.05, 0.1) is 11.0 Å². The molecule has 12 heavy (non-hydrogen) atoms. The highest BCUT2D eigenvalue weighted by Gasteiger charge is 2.15. The van der Waals surface area contributed by atoms with Gasteiger partial charge in [0, 0.05) is 6.07 Å². The van der Waals surface area contributed by atoms with E-state index in [1.807, 2.05) is 0 Å². The van der Waals surface area contributed by atoms with Crippen LogP contribution in [0.4, 0.5) is 10.1 Å². The third kappa shape index (κ3) is 1.58. The van der Waals surface area contributed by atoms with Gasteiger partial charge in [0.25, 0.3) is 4.92 Å². The second kappa shape index (κ2) is 3.30. The van der Waals surface area contributed by atoms with Crippen molar-refractivity contribution in [3.8, 4) is 0 Å². The molecular formula is C8H9FNO2+. The van der Waals surface area contributed by atoms with E-state index in [9.17, 15) is 9.30 Å². The van der Waals surface area contributed by atoms with E-state index < -0.39 is 5.82 Å². The van der Waals surface area contributed by atoms with Gasteiger partial charge in [-0.25, -0.2) is 9.23 Å². The number of benzene rings is 1. The van der Waals surface area contributed by atoms with Crippen molar-refractivity contribution < 1.29 is 14.2 Å². The van der Waals surface area contributed by atoms with Crippen molar-refractivity contribution in [3.63, 3.8) is 0 Å². The van der Waals surface area contributed by atoms with E-state index in [-0.39, 0.29) is 10.6 Å². The lowest BCUT2D eigenvalue weighted by atomic mass is 10.2. The summed E-state index contributed by atoms with van der Waals surface area (Å²) in [5.74, 6) is -0.412. The fraction of sp³-hybridized carbons (Fsp3) is 0.250. The molecule has 0 N–H and O–H groups in total. The predicted octanol–water partition coefficient (Wildman–Crippen LogP) is 2.11. The van der Waals surface area contributed by atoms with Gasteiger partial charge in [0.2, 0.25) is 0 Å². The Morgan fingerprint density at radius 1 is 1.50 bits per heavy atom. The third-order valence-corrected chi connectivity index (χ3v) is 1.53. The number of hydrogen-bond acceptors (Lipinski definition) is 2. The molecule has 0 aliphatic carbocycles. The van der Waals surface area contributed by atoms with E-state index in [4.69, 9.17) is 0 Å². The van der Waals surface area contributed by atoms with Crippen LogP contribution in [0.25, 0.3) is 0 Å². The maximum atomic E-state index is 12.9. The Hall–Kier alpha value is -1.45. The van der Waals surface area contributed by atoms with Crippen LogP contribution >= 0.6 is 0 Å². The van der Waals surface area contributed by atoms with Crippen molar-refractivity contribution in [3.05, 3.63) is 34.5 Å². The number of halogens is 1. The molecule has 0 amide bonds. The highest BCUT2D eigenvalue weighted by Crippen LogP contribution is 2.15. The Morgan fingerprint density at radius 3 is 2.67 bits per heavy atom. The molecule has 0 unspecified atom stereocenters. The van der Waals surface area contributed by atoms with Crippen LogP contribution in [-0.4, -0.2) is 12.0 Å². The average molecular weight is 170 g/mol. The van der Waals surface area contributed by atoms with Gasteiger partial charge in [-0.3, -0.25) is 0 Å². The normalized spacial score (nSPS) is 9.58. The summed E-state index contributed by atoms with van der Waals surface area (Å²) in [6, 6.07) is 4.15. The first kappa shape index (κ1) is 8.64. The van der Waals surface area contributed by atoms with Crippen LogP contribution in [0.15, 0.2) is 18.2 Å². The van der Waals surface area contributed by atoms with Gasteiger partial charge in [-0.05, 0) is 18.6 Å². The Morgan fingerprint density at radius 2 is 2.17 bits per heavy atom. The quantitative estimate of drug-likeness (QED) is 0.636. The largest absolute Gasteiger partial charge is 0.319 e. The van der Waals surface area contributed by atoms with Crippen LogP contribution in [0, 0.1) is 17.6 Å². The first-order chi connectivity index (χ1) is 5.65. The molecule has 64 valence electrons. The fourth-order valence-electron chi connectivity index (χ4n) is 0.801. The number of nitrogens with zero attached hydrogens (tertiary/aromatic N) is 1. The maximum absolute atomic E-state index is 12.9. The monoisotopic (exact) mass is 170 g/mol. The molecule has 0 spiro atoms. The Balaban J connectivity index is 3.05. The van der Waals surface area contributed by atoms with E-state index in [2.05, 4.69) is 4.84 Å². The number of rotatable bonds is 2. The molecule has 0 heterocycles. The SMILES string of the molecule is CO[N+](=O)c1ccc(C)c(F)c1. The molecule has 0 fully saturated rings. The van der Waals surface area contributed by atoms with Crippen LogP contribution in [0.2, 0.25) is 0 Å². The van der Waals surface area contributed by atoms with Crippen molar-refractivity contribution in [2.75, 3.05) is 7.11 Å². The third-order valence-electron chi connectivity index (χ3n) is 1.53. The highest BCUT2D eigenvalue weighted by molar-refractivity contribution is 5.32. The Labute approximate surface area is 69.3 Å². The molecule has 0 atom stereocenters. The van der Waals surface area contributed by atoms with Crippen molar-refractivity contribution in [2.24, 2.45) is 0 Å². The van der Waals surface area contributed by atoms with Gasteiger partial charge in [-0.1, -0.05) is 0 Å². The summed E-state index contributed by atoms with van der Waals surface area (Å²) in [4.78, 5) is 15.4. The molecule has 0 aliphatic rings. The fourth-order valence-corrected chi connectivity index (χ4v) is 0.801. The lowest BCUT2D eigenvalue weighted by Crippen LogP contribution is -1.98. The van der Waals surface area contributed by atoms with Crippen LogP contribution in [0.1, 0.15) is 5.56 Å². The van der Waals surface area contributed by atoms with E-state index in [0.717, 1.165) is 6.07 Å². The van der Waals surface area contributed by atoms with Gasteiger partial charge >= 0.3 is 5.69 Å². The van der Waals surface area contributed by atoms with E-state index in [1.165, 1.54) is 19.2 Å². The lowest BCUT2D eigenvalue weighted by Gasteiger charge is -1.92. The van der Waals surface area contributed by atoms with Crippen LogP contribution < -0.4 is 0 Å². The molecular weight excluding hydrogens is 161 g/mol. The predicted molar refractivity (Wildman–Crippen MR) is 41.4 cm³/mol. The summed E-state index contributed by atoms with van der Waals surface area (Å²) in [6.45, 7) is 1.63. The molecule has 3 nitrogen and oxygen atoms in total. The lowest BCUT2D eigenvalue weighted by molar-refractivity contribution is -0.736. The summed E-state index contributed by atoms with van der Waals surface area (Å²) in [7, 11) is 1.23. The average Bonchev–Trinajstić information content (AvgIpc) is 2.08. The second-order valence-corrected chi connectivity index (χ2v) is 2.37. The first-order valence-corrected chi connectivity index (χ1v) is 3.42. The molecule has 0 radical (unpaired) electrons. The summed E-state index contributed by atoms with van der Waals surface area (Å²) in [5, 5.41) is 0. The van der Waals surface area contributed by atoms with Crippen molar-refractivity contribution in [2.45, 2.75) is 6.92 Å². The highest BCUT2D eigenvalue weighted by atomic mass is 19.1. The van der Waals surface area contributed by atoms with E-state index in [0.29, 0.717) is 5.56 Å². The molecule has 1 aromatic rings. The minimum Gasteiger partial charge on any atom is -0.230 e. The van der Waals surface area contributed by atoms with Gasteiger partial charge in [0.15, 0.2) is 7.11 Å². The molecule has 1 rings (SSSR count). The van der Waals surface area contributed by atoms with E-state index in [1.54, 1.807) is 6.92 Å². The zero-order chi connectivity index (χ0) is 9.14. The Bertz CT molecular complexity index is 312. The van der Waals surface area contributed by atoms with Crippen molar-refractivity contribution in [1.82, 2.24) is 0 Å². The molecule has 1 aromatic carbocycles. The maximum Gasteiger partial charge on any atom is 0.319 e. The van der Waals surface area contributed by atoms with E-state index >= 15 is 0 Å². The second-order valence-electron chi connectivity index (χ2n) is 2.37. The molecule has 0 bridgehead atoms. The van der Waals surface area contributed by atoms with Crippen molar-refractivity contribution >= 4 is 5.69 Å². The summed E-state index contributed by atoms with van der Waals surface area (Å²) in [5.41, 5.74) is 0.656. The zero-order valence-corrected chi connectivity index (χ0v) is 6.87. The Kier molecular flexibility index (Phi) is 2.38. The summed E-state index contributed by atoms with van der Waals surface area (Å²) in [6.07, 6.45) is 0. The van der Waals surface area contributed by atoms with Crippen LogP contribution in [0.5, 0.6) is 0 Å². The van der Waals surface area contributed by atoms with Crippen LogP contribution in [-0.2, 0) is 4.84 Å². The molecule has 0 saturated heterocycles. The van der Waals surface area contributed by atoms with Gasteiger partial charge in [-0.2, -0.15) is 0 Å². The van der Waals surface area contributed by atoms with Crippen LogP contribution in [0.3, 0.4) is 0 Å². The topological polar surface area (TPSA) is 29.3 Å². The minimum atomic E-state index is -0.412. The van der Waals surface area contributed by atoms with Crippen molar-refractivity contribution in [1.29, 1.82) is 0 Å². The standard InChI is InChI=1S/C8H9FNO2/c1-6-3-4-7(5-8(6)9)10(11)12-2/h3-5H,1-2H3/q+1. The first-order valence-electron chi connectivity index (χ1n) is 3.42. The molecule has 0 aliphatic heterocycles. The summed E-state index contributed by atoms with van der Waals surface area (Å²) < 4.78 is 12.9. The molecule has 0 aromatic heterocycles. The minimum absolute atomic E-state index is 0.153. The molecule has 0 saturated carbocycles. The van der Waals surface area contributed by atoms with Gasteiger partial charge < -0.3 is 0 Å². The number of aryl methyl sites for hydroxylation is 1. The molecule has 4 heteroatoms. The summed E-state index contributed by atoms with van der Waals surface area (Å²) >= 11 is 0.